The van der Waals surface area contributed by atoms with Crippen LogP contribution >= 0.6 is 0 Å². The Morgan fingerprint density at radius 3 is 2.40 bits per heavy atom. The van der Waals surface area contributed by atoms with E-state index in [9.17, 15) is 8.78 Å². The molecule has 1 fully saturated rings. The van der Waals surface area contributed by atoms with Gasteiger partial charge in [-0.05, 0) is 37.3 Å². The summed E-state index contributed by atoms with van der Waals surface area (Å²) in [5.74, 6) is -1.08. The second-order valence-corrected chi connectivity index (χ2v) is 7.72. The van der Waals surface area contributed by atoms with Gasteiger partial charge >= 0.3 is 0 Å². The third-order valence-corrected chi connectivity index (χ3v) is 5.57. The number of rotatable bonds is 3. The fourth-order valence-corrected chi connectivity index (χ4v) is 3.84. The first-order valence-electron chi connectivity index (χ1n) is 9.99. The predicted octanol–water partition coefficient (Wildman–Crippen LogP) is 5.03. The van der Waals surface area contributed by atoms with Crippen molar-refractivity contribution in [3.63, 3.8) is 0 Å². The molecule has 5 rings (SSSR count). The highest BCUT2D eigenvalue weighted by Crippen LogP contribution is 2.32. The summed E-state index contributed by atoms with van der Waals surface area (Å²) >= 11 is 0. The van der Waals surface area contributed by atoms with Crippen LogP contribution in [0.2, 0.25) is 0 Å². The molecule has 1 aromatic carbocycles. The van der Waals surface area contributed by atoms with Crippen LogP contribution in [0.15, 0.2) is 61.1 Å². The zero-order valence-electron chi connectivity index (χ0n) is 16.6. The Morgan fingerprint density at radius 2 is 1.70 bits per heavy atom. The van der Waals surface area contributed by atoms with Crippen LogP contribution in [0, 0.1) is 6.92 Å². The average molecular weight is 405 g/mol. The van der Waals surface area contributed by atoms with Gasteiger partial charge in [0.1, 0.15) is 11.6 Å². The molecule has 0 N–H and O–H groups in total. The Balaban J connectivity index is 1.53. The maximum absolute atomic E-state index is 13.4. The molecule has 1 aliphatic heterocycles. The van der Waals surface area contributed by atoms with Gasteiger partial charge in [-0.25, -0.2) is 18.7 Å². The SMILES string of the molecule is Cc1ccc(-n2c(-c3ccc(N4CCC(F)(F)CC4)nc3)nc3ccncc32)cc1. The van der Waals surface area contributed by atoms with E-state index < -0.39 is 5.92 Å². The Bertz CT molecular complexity index is 1170. The smallest absolute Gasteiger partial charge is 0.251 e. The minimum Gasteiger partial charge on any atom is -0.356 e. The Labute approximate surface area is 173 Å². The summed E-state index contributed by atoms with van der Waals surface area (Å²) < 4.78 is 29.0. The van der Waals surface area contributed by atoms with Gasteiger partial charge in [0, 0.05) is 49.6 Å². The van der Waals surface area contributed by atoms with Gasteiger partial charge in [0.15, 0.2) is 0 Å². The van der Waals surface area contributed by atoms with Gasteiger partial charge < -0.3 is 4.90 Å². The lowest BCUT2D eigenvalue weighted by molar-refractivity contribution is -0.0221. The van der Waals surface area contributed by atoms with Crippen molar-refractivity contribution in [2.75, 3.05) is 18.0 Å². The van der Waals surface area contributed by atoms with E-state index in [1.807, 2.05) is 23.1 Å². The summed E-state index contributed by atoms with van der Waals surface area (Å²) in [5, 5.41) is 0. The number of piperidine rings is 1. The van der Waals surface area contributed by atoms with Crippen LogP contribution in [0.5, 0.6) is 0 Å². The molecule has 0 atom stereocenters. The molecule has 4 aromatic rings. The van der Waals surface area contributed by atoms with E-state index in [-0.39, 0.29) is 12.8 Å². The number of fused-ring (bicyclic) bond motifs is 1. The van der Waals surface area contributed by atoms with Gasteiger partial charge in [0.05, 0.1) is 17.2 Å². The van der Waals surface area contributed by atoms with Crippen LogP contribution in [-0.2, 0) is 0 Å². The van der Waals surface area contributed by atoms with E-state index in [0.29, 0.717) is 18.9 Å². The zero-order valence-corrected chi connectivity index (χ0v) is 16.6. The van der Waals surface area contributed by atoms with E-state index in [1.54, 1.807) is 18.6 Å². The number of aromatic nitrogens is 4. The number of alkyl halides is 2. The molecule has 0 bridgehead atoms. The van der Waals surface area contributed by atoms with Crippen molar-refractivity contribution in [1.82, 2.24) is 19.5 Å². The monoisotopic (exact) mass is 405 g/mol. The van der Waals surface area contributed by atoms with Crippen LogP contribution in [0.25, 0.3) is 28.1 Å². The largest absolute Gasteiger partial charge is 0.356 e. The number of imidazole rings is 1. The third kappa shape index (κ3) is 3.40. The number of halogens is 2. The quantitative estimate of drug-likeness (QED) is 0.480. The molecule has 1 saturated heterocycles. The molecule has 1 aliphatic rings. The highest BCUT2D eigenvalue weighted by atomic mass is 19.3. The van der Waals surface area contributed by atoms with Crippen LogP contribution in [0.1, 0.15) is 18.4 Å². The number of hydrogen-bond acceptors (Lipinski definition) is 4. The lowest BCUT2D eigenvalue weighted by Gasteiger charge is -2.32. The summed E-state index contributed by atoms with van der Waals surface area (Å²) in [4.78, 5) is 15.5. The Hall–Kier alpha value is -3.35. The summed E-state index contributed by atoms with van der Waals surface area (Å²) in [5.41, 5.74) is 4.80. The lowest BCUT2D eigenvalue weighted by Crippen LogP contribution is -2.39. The number of aryl methyl sites for hydroxylation is 1. The summed E-state index contributed by atoms with van der Waals surface area (Å²) in [7, 11) is 0. The molecule has 30 heavy (non-hydrogen) atoms. The molecule has 0 radical (unpaired) electrons. The molecule has 7 heteroatoms. The molecule has 0 spiro atoms. The molecule has 0 aliphatic carbocycles. The lowest BCUT2D eigenvalue weighted by atomic mass is 10.1. The highest BCUT2D eigenvalue weighted by Gasteiger charge is 2.34. The topological polar surface area (TPSA) is 46.8 Å². The maximum Gasteiger partial charge on any atom is 0.251 e. The minimum atomic E-state index is -2.57. The maximum atomic E-state index is 13.4. The fourth-order valence-electron chi connectivity index (χ4n) is 3.84. The van der Waals surface area contributed by atoms with Gasteiger partial charge in [-0.2, -0.15) is 0 Å². The van der Waals surface area contributed by atoms with Crippen molar-refractivity contribution in [1.29, 1.82) is 0 Å². The number of anilines is 1. The molecule has 4 heterocycles. The van der Waals surface area contributed by atoms with Crippen molar-refractivity contribution in [3.05, 3.63) is 66.6 Å². The second-order valence-electron chi connectivity index (χ2n) is 7.72. The van der Waals surface area contributed by atoms with E-state index in [4.69, 9.17) is 4.98 Å². The molecule has 5 nitrogen and oxygen atoms in total. The summed E-state index contributed by atoms with van der Waals surface area (Å²) in [6.45, 7) is 2.68. The minimum absolute atomic E-state index is 0.132. The number of nitrogens with zero attached hydrogens (tertiary/aromatic N) is 5. The molecule has 0 unspecified atom stereocenters. The van der Waals surface area contributed by atoms with Gasteiger partial charge in [-0.3, -0.25) is 9.55 Å². The molecule has 0 saturated carbocycles. The molecule has 3 aromatic heterocycles. The van der Waals surface area contributed by atoms with Crippen LogP contribution < -0.4 is 4.90 Å². The van der Waals surface area contributed by atoms with Crippen molar-refractivity contribution >= 4 is 16.9 Å². The van der Waals surface area contributed by atoms with Gasteiger partial charge in [0.25, 0.3) is 5.92 Å². The molecule has 0 amide bonds. The summed E-state index contributed by atoms with van der Waals surface area (Å²) in [6.07, 6.45) is 5.04. The first kappa shape index (κ1) is 18.7. The zero-order chi connectivity index (χ0) is 20.7. The van der Waals surface area contributed by atoms with E-state index in [0.717, 1.165) is 28.1 Å². The normalized spacial score (nSPS) is 16.2. The first-order valence-corrected chi connectivity index (χ1v) is 9.99. The predicted molar refractivity (Wildman–Crippen MR) is 113 cm³/mol. The second kappa shape index (κ2) is 7.16. The van der Waals surface area contributed by atoms with Crippen molar-refractivity contribution in [2.45, 2.75) is 25.7 Å². The third-order valence-electron chi connectivity index (χ3n) is 5.57. The average Bonchev–Trinajstić information content (AvgIpc) is 3.14. The molecule has 152 valence electrons. The Kier molecular flexibility index (Phi) is 4.46. The van der Waals surface area contributed by atoms with Crippen molar-refractivity contribution in [2.24, 2.45) is 0 Å². The van der Waals surface area contributed by atoms with Crippen LogP contribution in [-0.4, -0.2) is 38.5 Å². The van der Waals surface area contributed by atoms with E-state index in [1.165, 1.54) is 5.56 Å². The number of pyridine rings is 2. The van der Waals surface area contributed by atoms with Gasteiger partial charge in [0.2, 0.25) is 0 Å². The standard InChI is InChI=1S/C23H21F2N5/c1-16-2-5-18(6-3-16)30-20-15-26-11-8-19(20)28-22(30)17-4-7-21(27-14-17)29-12-9-23(24,25)10-13-29/h2-8,11,14-15H,9-10,12-13H2,1H3. The number of hydrogen-bond donors (Lipinski definition) is 0. The highest BCUT2D eigenvalue weighted by molar-refractivity contribution is 5.82. The Morgan fingerprint density at radius 1 is 0.933 bits per heavy atom. The molecular weight excluding hydrogens is 384 g/mol. The van der Waals surface area contributed by atoms with E-state index in [2.05, 4.69) is 45.7 Å². The van der Waals surface area contributed by atoms with Crippen molar-refractivity contribution in [3.8, 4) is 17.1 Å². The fraction of sp³-hybridized carbons (Fsp3) is 0.261. The van der Waals surface area contributed by atoms with Gasteiger partial charge in [-0.1, -0.05) is 17.7 Å². The first-order chi connectivity index (χ1) is 14.5. The molecular formula is C23H21F2N5. The number of benzene rings is 1. The van der Waals surface area contributed by atoms with Crippen molar-refractivity contribution < 1.29 is 8.78 Å². The van der Waals surface area contributed by atoms with Gasteiger partial charge in [-0.15, -0.1) is 0 Å². The van der Waals surface area contributed by atoms with Crippen LogP contribution in [0.4, 0.5) is 14.6 Å². The van der Waals surface area contributed by atoms with E-state index >= 15 is 0 Å². The van der Waals surface area contributed by atoms with Crippen LogP contribution in [0.3, 0.4) is 0 Å². The summed E-state index contributed by atoms with van der Waals surface area (Å²) in [6, 6.07) is 14.0.